The van der Waals surface area contributed by atoms with E-state index in [1.54, 1.807) is 0 Å². The third kappa shape index (κ3) is 9.67. The standard InChI is InChI=1S/C66H58Cl4N2O2Si2/c1-75(2,3)65-53(67)33-43(34-54(65)68)51-29-27-39-17-7-11-21-47(39)59(51)61-49-23-13-9-19-41(49)31-45(63(61)73)37-71-57-25-15-16-26-58(57)72-38-46-32-42-20-10-14-24-50(42)62(64(46)74)60-48-22-12-8-18-40(48)28-30-52(60)44-35-55(69)66(56(70)36-44)76(4,5)6/h7-14,17-24,27-38,57-58,73-74H,15-16,25-26H2,1-6H3. The molecule has 10 heteroatoms. The molecule has 1 saturated carbocycles. The molecule has 10 aromatic carbocycles. The van der Waals surface area contributed by atoms with Crippen molar-refractivity contribution in [3.63, 3.8) is 0 Å². The predicted octanol–water partition coefficient (Wildman–Crippen LogP) is 18.9. The summed E-state index contributed by atoms with van der Waals surface area (Å²) in [6.07, 6.45) is 7.36. The first kappa shape index (κ1) is 51.9. The number of aliphatic imine (C=N–C) groups is 2. The molecular formula is C66H58Cl4N2O2Si2. The number of phenols is 2. The van der Waals surface area contributed by atoms with E-state index in [4.69, 9.17) is 56.4 Å². The van der Waals surface area contributed by atoms with Crippen molar-refractivity contribution in [1.29, 1.82) is 0 Å². The fourth-order valence-corrected chi connectivity index (χ4v) is 19.2. The van der Waals surface area contributed by atoms with Crippen molar-refractivity contribution in [3.8, 4) is 56.0 Å². The van der Waals surface area contributed by atoms with Crippen LogP contribution in [-0.4, -0.2) is 50.9 Å². The lowest BCUT2D eigenvalue weighted by atomic mass is 9.86. The Bertz CT molecular complexity index is 3720. The minimum absolute atomic E-state index is 0.143. The van der Waals surface area contributed by atoms with Crippen molar-refractivity contribution in [3.05, 3.63) is 189 Å². The van der Waals surface area contributed by atoms with E-state index in [1.807, 2.05) is 97.4 Å². The highest BCUT2D eigenvalue weighted by molar-refractivity contribution is 6.92. The molecule has 2 N–H and O–H groups in total. The second-order valence-corrected chi connectivity index (χ2v) is 34.0. The maximum absolute atomic E-state index is 12.7. The normalized spacial score (nSPS) is 15.6. The van der Waals surface area contributed by atoms with E-state index in [-0.39, 0.29) is 23.6 Å². The monoisotopic (exact) mass is 1110 g/mol. The topological polar surface area (TPSA) is 65.2 Å². The van der Waals surface area contributed by atoms with Gasteiger partial charge in [-0.3, -0.25) is 9.98 Å². The number of nitrogens with zero attached hydrogens (tertiary/aromatic N) is 2. The summed E-state index contributed by atoms with van der Waals surface area (Å²) in [5.41, 5.74) is 8.07. The molecule has 76 heavy (non-hydrogen) atoms. The largest absolute Gasteiger partial charge is 0.507 e. The highest BCUT2D eigenvalue weighted by Crippen LogP contribution is 2.49. The van der Waals surface area contributed by atoms with Crippen molar-refractivity contribution in [2.24, 2.45) is 9.98 Å². The number of benzene rings is 10. The lowest BCUT2D eigenvalue weighted by Gasteiger charge is -2.26. The van der Waals surface area contributed by atoms with Gasteiger partial charge in [0, 0.05) is 65.9 Å². The summed E-state index contributed by atoms with van der Waals surface area (Å²) in [6.45, 7) is 13.5. The lowest BCUT2D eigenvalue weighted by Crippen LogP contribution is -2.39. The molecule has 0 bridgehead atoms. The maximum Gasteiger partial charge on any atom is 0.132 e. The number of rotatable bonds is 10. The molecule has 2 unspecified atom stereocenters. The fourth-order valence-electron chi connectivity index (χ4n) is 11.7. The van der Waals surface area contributed by atoms with E-state index >= 15 is 0 Å². The summed E-state index contributed by atoms with van der Waals surface area (Å²) in [7, 11) is -3.75. The summed E-state index contributed by atoms with van der Waals surface area (Å²) in [5.74, 6) is 0.287. The van der Waals surface area contributed by atoms with Gasteiger partial charge in [-0.25, -0.2) is 0 Å². The smallest absolute Gasteiger partial charge is 0.132 e. The molecule has 1 aliphatic carbocycles. The molecule has 0 saturated heterocycles. The Labute approximate surface area is 467 Å². The van der Waals surface area contributed by atoms with E-state index < -0.39 is 16.1 Å². The quantitative estimate of drug-likeness (QED) is 0.106. The van der Waals surface area contributed by atoms with Gasteiger partial charge in [-0.2, -0.15) is 0 Å². The van der Waals surface area contributed by atoms with E-state index in [9.17, 15) is 10.2 Å². The van der Waals surface area contributed by atoms with Crippen LogP contribution in [0.25, 0.3) is 87.6 Å². The van der Waals surface area contributed by atoms with Crippen molar-refractivity contribution < 1.29 is 10.2 Å². The van der Waals surface area contributed by atoms with Gasteiger partial charge in [0.2, 0.25) is 0 Å². The Kier molecular flexibility index (Phi) is 14.1. The maximum atomic E-state index is 12.7. The molecular weight excluding hydrogens is 1050 g/mol. The average Bonchev–Trinajstić information content (AvgIpc) is 3.48. The van der Waals surface area contributed by atoms with E-state index in [0.717, 1.165) is 124 Å². The van der Waals surface area contributed by atoms with Crippen LogP contribution in [0.2, 0.25) is 59.4 Å². The summed E-state index contributed by atoms with van der Waals surface area (Å²) < 4.78 is 0. The lowest BCUT2D eigenvalue weighted by molar-refractivity contribution is 0.390. The fraction of sp³-hybridized carbons (Fsp3) is 0.182. The predicted molar refractivity (Wildman–Crippen MR) is 335 cm³/mol. The zero-order chi connectivity index (χ0) is 53.2. The molecule has 2 atom stereocenters. The third-order valence-electron chi connectivity index (χ3n) is 15.2. The summed E-state index contributed by atoms with van der Waals surface area (Å²) in [4.78, 5) is 10.6. The van der Waals surface area contributed by atoms with Crippen molar-refractivity contribution >= 4 is 128 Å². The molecule has 1 aliphatic rings. The van der Waals surface area contributed by atoms with Gasteiger partial charge >= 0.3 is 0 Å². The molecule has 10 aromatic rings. The van der Waals surface area contributed by atoms with Crippen LogP contribution in [0.15, 0.2) is 168 Å². The van der Waals surface area contributed by atoms with Gasteiger partial charge in [0.15, 0.2) is 0 Å². The number of phenolic OH excluding ortho intramolecular Hbond substituents is 2. The van der Waals surface area contributed by atoms with Gasteiger partial charge < -0.3 is 10.2 Å². The second kappa shape index (κ2) is 20.6. The Morgan fingerprint density at radius 1 is 0.408 bits per heavy atom. The number of hydrogen-bond acceptors (Lipinski definition) is 4. The van der Waals surface area contributed by atoms with Crippen LogP contribution in [0, 0.1) is 0 Å². The average molecular weight is 1110 g/mol. The first-order valence-corrected chi connectivity index (χ1v) is 34.6. The molecule has 0 radical (unpaired) electrons. The number of fused-ring (bicyclic) bond motifs is 4. The Morgan fingerprint density at radius 3 is 1.07 bits per heavy atom. The Hall–Kier alpha value is -6.23. The highest BCUT2D eigenvalue weighted by Gasteiger charge is 2.29. The minimum atomic E-state index is -1.87. The zero-order valence-corrected chi connectivity index (χ0v) is 48.5. The molecule has 380 valence electrons. The van der Waals surface area contributed by atoms with Crippen LogP contribution >= 0.6 is 46.4 Å². The first-order valence-electron chi connectivity index (χ1n) is 26.1. The van der Waals surface area contributed by atoms with Gasteiger partial charge in [-0.1, -0.05) is 220 Å². The number of halogens is 4. The van der Waals surface area contributed by atoms with Gasteiger partial charge in [0.25, 0.3) is 0 Å². The van der Waals surface area contributed by atoms with Gasteiger partial charge in [0.1, 0.15) is 11.5 Å². The highest BCUT2D eigenvalue weighted by atomic mass is 35.5. The zero-order valence-electron chi connectivity index (χ0n) is 43.4. The van der Waals surface area contributed by atoms with E-state index in [2.05, 4.69) is 112 Å². The van der Waals surface area contributed by atoms with Crippen LogP contribution in [0.1, 0.15) is 36.8 Å². The van der Waals surface area contributed by atoms with E-state index in [1.165, 1.54) is 0 Å². The van der Waals surface area contributed by atoms with Gasteiger partial charge in [-0.15, -0.1) is 0 Å². The van der Waals surface area contributed by atoms with Crippen LogP contribution < -0.4 is 10.4 Å². The van der Waals surface area contributed by atoms with Crippen LogP contribution in [0.5, 0.6) is 11.5 Å². The number of hydrogen-bond donors (Lipinski definition) is 2. The Balaban J connectivity index is 1.01. The Morgan fingerprint density at radius 2 is 0.724 bits per heavy atom. The van der Waals surface area contributed by atoms with Crippen LogP contribution in [-0.2, 0) is 0 Å². The summed E-state index contributed by atoms with van der Waals surface area (Å²) in [5, 5.41) is 38.1. The minimum Gasteiger partial charge on any atom is -0.507 e. The number of aromatic hydroxyl groups is 2. The second-order valence-electron chi connectivity index (χ2n) is 22.3. The summed E-state index contributed by atoms with van der Waals surface area (Å²) in [6, 6.07) is 53.3. The molecule has 0 aliphatic heterocycles. The molecule has 0 spiro atoms. The third-order valence-corrected chi connectivity index (χ3v) is 21.1. The summed E-state index contributed by atoms with van der Waals surface area (Å²) >= 11 is 28.4. The molecule has 4 nitrogen and oxygen atoms in total. The SMILES string of the molecule is C[Si](C)(C)c1c(Cl)cc(-c2ccc3ccccc3c2-c2c(O)c(C=NC3CCCCC3N=Cc3cc4ccccc4c(-c4c(-c5cc(Cl)c([Si](C)(C)C)c(Cl)c5)ccc5ccccc45)c3O)cc3ccccc23)cc1Cl. The van der Waals surface area contributed by atoms with Crippen molar-refractivity contribution in [1.82, 2.24) is 0 Å². The molecule has 0 heterocycles. The first-order chi connectivity index (χ1) is 36.5. The molecule has 0 aromatic heterocycles. The van der Waals surface area contributed by atoms with Crippen LogP contribution in [0.3, 0.4) is 0 Å². The van der Waals surface area contributed by atoms with Crippen molar-refractivity contribution in [2.45, 2.75) is 77.0 Å². The van der Waals surface area contributed by atoms with Crippen molar-refractivity contribution in [2.75, 3.05) is 0 Å². The molecule has 1 fully saturated rings. The molecule has 0 amide bonds. The van der Waals surface area contributed by atoms with Crippen LogP contribution in [0.4, 0.5) is 0 Å². The van der Waals surface area contributed by atoms with Gasteiger partial charge in [-0.05, 0) is 125 Å². The van der Waals surface area contributed by atoms with E-state index in [0.29, 0.717) is 31.2 Å². The molecule has 11 rings (SSSR count). The van der Waals surface area contributed by atoms with Gasteiger partial charge in [0.05, 0.1) is 28.2 Å².